The molecule has 0 aromatic heterocycles. The first-order valence-corrected chi connectivity index (χ1v) is 16.7. The van der Waals surface area contributed by atoms with Gasteiger partial charge >= 0.3 is 0 Å². The van der Waals surface area contributed by atoms with Crippen molar-refractivity contribution < 1.29 is 14.3 Å². The Kier molecular flexibility index (Phi) is 9.66. The number of hydrogen-bond acceptors (Lipinski definition) is 5. The first kappa shape index (κ1) is 32.4. The highest BCUT2D eigenvalue weighted by atomic mass is 32.2. The molecule has 0 bridgehead atoms. The van der Waals surface area contributed by atoms with Gasteiger partial charge in [-0.15, -0.1) is 11.8 Å². The molecular weight excluding hydrogens is 502 g/mol. The number of ketones is 2. The van der Waals surface area contributed by atoms with E-state index >= 15 is 0 Å². The van der Waals surface area contributed by atoms with E-state index in [4.69, 9.17) is 4.74 Å². The Morgan fingerprint density at radius 3 is 2.38 bits per heavy atom. The molecule has 3 rings (SSSR count). The molecule has 0 saturated heterocycles. The van der Waals surface area contributed by atoms with Crippen molar-refractivity contribution >= 4 is 23.3 Å². The van der Waals surface area contributed by atoms with Crippen molar-refractivity contribution in [1.82, 2.24) is 0 Å². The highest BCUT2D eigenvalue weighted by Crippen LogP contribution is 2.70. The molecule has 220 valence electrons. The van der Waals surface area contributed by atoms with Gasteiger partial charge in [0.15, 0.2) is 5.78 Å². The maximum atomic E-state index is 13.8. The Bertz CT molecular complexity index is 1010. The molecule has 0 heterocycles. The van der Waals surface area contributed by atoms with Crippen LogP contribution < -0.4 is 0 Å². The molecule has 0 radical (unpaired) electrons. The van der Waals surface area contributed by atoms with Crippen molar-refractivity contribution in [1.29, 1.82) is 5.26 Å². The van der Waals surface area contributed by atoms with Gasteiger partial charge in [0.05, 0.1) is 18.1 Å². The van der Waals surface area contributed by atoms with Crippen molar-refractivity contribution in [3.05, 3.63) is 11.6 Å². The number of nitrogens with zero attached hydrogens (tertiary/aromatic N) is 1. The summed E-state index contributed by atoms with van der Waals surface area (Å²) in [5.41, 5.74) is 0.133. The van der Waals surface area contributed by atoms with Gasteiger partial charge in [-0.05, 0) is 83.7 Å². The van der Waals surface area contributed by atoms with E-state index < -0.39 is 0 Å². The van der Waals surface area contributed by atoms with Gasteiger partial charge in [0.2, 0.25) is 0 Å². The number of nitriles is 1. The first-order valence-electron chi connectivity index (χ1n) is 15.3. The SMILES string of the molecule is CCC(C)(C)CC[C@@](C)(CC[C@]1(C)C(C)C(=O)C[C@@H]2[C@@]3(C)C=C(C#N)C(=O)[C@@H](C)[C@@H]3CC[C@]21C)COCSC. The van der Waals surface area contributed by atoms with Crippen LogP contribution in [-0.4, -0.2) is 30.4 Å². The lowest BCUT2D eigenvalue weighted by Gasteiger charge is -2.67. The number of allylic oxidation sites excluding steroid dienone is 2. The smallest absolute Gasteiger partial charge is 0.176 e. The number of hydrogen-bond donors (Lipinski definition) is 0. The van der Waals surface area contributed by atoms with Gasteiger partial charge in [-0.1, -0.05) is 74.8 Å². The lowest BCUT2D eigenvalue weighted by atomic mass is 9.36. The summed E-state index contributed by atoms with van der Waals surface area (Å²) >= 11 is 1.72. The number of fused-ring (bicyclic) bond motifs is 3. The van der Waals surface area contributed by atoms with Crippen LogP contribution in [-0.2, 0) is 14.3 Å². The highest BCUT2D eigenvalue weighted by molar-refractivity contribution is 7.98. The van der Waals surface area contributed by atoms with E-state index in [2.05, 4.69) is 67.7 Å². The number of carbonyl (C=O) groups is 2. The van der Waals surface area contributed by atoms with E-state index in [1.54, 1.807) is 11.8 Å². The number of ether oxygens (including phenoxy) is 1. The summed E-state index contributed by atoms with van der Waals surface area (Å²) in [5, 5.41) is 9.81. The van der Waals surface area contributed by atoms with Crippen molar-refractivity contribution in [2.24, 2.45) is 50.7 Å². The second-order valence-electron chi connectivity index (χ2n) is 15.2. The Morgan fingerprint density at radius 2 is 1.79 bits per heavy atom. The maximum Gasteiger partial charge on any atom is 0.176 e. The summed E-state index contributed by atoms with van der Waals surface area (Å²) in [6, 6.07) is 2.20. The predicted octanol–water partition coefficient (Wildman–Crippen LogP) is 8.65. The van der Waals surface area contributed by atoms with E-state index in [0.29, 0.717) is 29.1 Å². The third kappa shape index (κ3) is 5.81. The fourth-order valence-corrected chi connectivity index (χ4v) is 8.91. The van der Waals surface area contributed by atoms with Gasteiger partial charge in [-0.2, -0.15) is 5.26 Å². The van der Waals surface area contributed by atoms with E-state index in [9.17, 15) is 14.9 Å². The molecule has 3 aliphatic rings. The molecule has 2 fully saturated rings. The standard InChI is InChI=1S/C34H55NO3S/c1-11-30(4,5)14-15-31(6,21-38-22-39-10)16-17-33(8)24(3)27(36)18-28-32(7)19-25(20-35)29(37)23(2)26(32)12-13-34(28,33)9/h19,23-24,26,28H,11-18,21-22H2,1-10H3/t23-,24?,26-,28+,31-,32-,33+,34+/m0/s1. The van der Waals surface area contributed by atoms with Gasteiger partial charge in [-0.25, -0.2) is 0 Å². The van der Waals surface area contributed by atoms with Gasteiger partial charge in [0, 0.05) is 18.3 Å². The monoisotopic (exact) mass is 557 g/mol. The molecule has 0 amide bonds. The van der Waals surface area contributed by atoms with Gasteiger partial charge in [0.25, 0.3) is 0 Å². The largest absolute Gasteiger partial charge is 0.370 e. The van der Waals surface area contributed by atoms with Gasteiger partial charge in [-0.3, -0.25) is 9.59 Å². The first-order chi connectivity index (χ1) is 18.0. The summed E-state index contributed by atoms with van der Waals surface area (Å²) in [6.07, 6.45) is 12.1. The summed E-state index contributed by atoms with van der Waals surface area (Å²) in [4.78, 5) is 26.7. The lowest BCUT2D eigenvalue weighted by Crippen LogP contribution is -2.63. The van der Waals surface area contributed by atoms with E-state index in [-0.39, 0.29) is 51.1 Å². The number of Topliss-reactive ketones (excluding diaryl/α,β-unsaturated/α-hetero) is 2. The summed E-state index contributed by atoms with van der Waals surface area (Å²) in [7, 11) is 0. The average Bonchev–Trinajstić information content (AvgIpc) is 2.89. The molecule has 0 aliphatic heterocycles. The average molecular weight is 558 g/mol. The molecule has 39 heavy (non-hydrogen) atoms. The Balaban J connectivity index is 1.97. The minimum absolute atomic E-state index is 0.00980. The molecule has 0 spiro atoms. The zero-order valence-electron chi connectivity index (χ0n) is 26.5. The molecule has 8 atom stereocenters. The predicted molar refractivity (Wildman–Crippen MR) is 162 cm³/mol. The van der Waals surface area contributed by atoms with Crippen molar-refractivity contribution in [2.75, 3.05) is 18.8 Å². The minimum Gasteiger partial charge on any atom is -0.370 e. The zero-order valence-corrected chi connectivity index (χ0v) is 27.4. The minimum atomic E-state index is -0.321. The quantitative estimate of drug-likeness (QED) is 0.188. The highest BCUT2D eigenvalue weighted by Gasteiger charge is 2.66. The van der Waals surface area contributed by atoms with Crippen molar-refractivity contribution in [3.63, 3.8) is 0 Å². The molecular formula is C34H55NO3S. The molecule has 0 aromatic carbocycles. The maximum absolute atomic E-state index is 13.8. The molecule has 0 aromatic rings. The number of carbonyl (C=O) groups excluding carboxylic acids is 2. The van der Waals surface area contributed by atoms with Crippen LogP contribution in [0.5, 0.6) is 0 Å². The van der Waals surface area contributed by atoms with Crippen LogP contribution in [0.15, 0.2) is 11.6 Å². The summed E-state index contributed by atoms with van der Waals surface area (Å²) < 4.78 is 6.16. The molecule has 4 nitrogen and oxygen atoms in total. The van der Waals surface area contributed by atoms with Crippen LogP contribution in [0.1, 0.15) is 114 Å². The summed E-state index contributed by atoms with van der Waals surface area (Å²) in [5.74, 6) is 1.19. The van der Waals surface area contributed by atoms with Crippen LogP contribution in [0, 0.1) is 62.1 Å². The molecule has 0 N–H and O–H groups in total. The molecule has 5 heteroatoms. The fourth-order valence-electron chi connectivity index (χ4n) is 8.66. The second kappa shape index (κ2) is 11.6. The van der Waals surface area contributed by atoms with Crippen molar-refractivity contribution in [3.8, 4) is 6.07 Å². The van der Waals surface area contributed by atoms with Crippen LogP contribution in [0.25, 0.3) is 0 Å². The van der Waals surface area contributed by atoms with Crippen LogP contribution >= 0.6 is 11.8 Å². The Labute approximate surface area is 243 Å². The molecule has 2 saturated carbocycles. The lowest BCUT2D eigenvalue weighted by molar-refractivity contribution is -0.182. The molecule has 3 aliphatic carbocycles. The second-order valence-corrected chi connectivity index (χ2v) is 16.0. The number of rotatable bonds is 11. The van der Waals surface area contributed by atoms with Crippen LogP contribution in [0.3, 0.4) is 0 Å². The Morgan fingerprint density at radius 1 is 1.13 bits per heavy atom. The van der Waals surface area contributed by atoms with Crippen LogP contribution in [0.2, 0.25) is 0 Å². The van der Waals surface area contributed by atoms with Crippen molar-refractivity contribution in [2.45, 2.75) is 114 Å². The topological polar surface area (TPSA) is 67.2 Å². The van der Waals surface area contributed by atoms with Gasteiger partial charge < -0.3 is 4.74 Å². The Hall–Kier alpha value is -1.12. The summed E-state index contributed by atoms with van der Waals surface area (Å²) in [6.45, 7) is 21.4. The fraction of sp³-hybridized carbons (Fsp3) is 0.853. The zero-order chi connectivity index (χ0) is 29.4. The normalized spacial score (nSPS) is 38.3. The van der Waals surface area contributed by atoms with Crippen LogP contribution in [0.4, 0.5) is 0 Å². The van der Waals surface area contributed by atoms with E-state index in [0.717, 1.165) is 45.1 Å². The van der Waals surface area contributed by atoms with Gasteiger partial charge in [0.1, 0.15) is 11.9 Å². The third-order valence-corrected chi connectivity index (χ3v) is 13.0. The molecule has 1 unspecified atom stereocenters. The van der Waals surface area contributed by atoms with E-state index in [1.165, 1.54) is 6.42 Å². The third-order valence-electron chi connectivity index (χ3n) is 12.6. The van der Waals surface area contributed by atoms with E-state index in [1.807, 2.05) is 13.0 Å². The number of thioether (sulfide) groups is 1.